The second-order valence-electron chi connectivity index (χ2n) is 12.3. The summed E-state index contributed by atoms with van der Waals surface area (Å²) < 4.78 is 0. The zero-order valence-corrected chi connectivity index (χ0v) is 26.7. The zero-order chi connectivity index (χ0) is 33.3. The van der Waals surface area contributed by atoms with Crippen molar-refractivity contribution < 1.29 is 0 Å². The predicted octanol–water partition coefficient (Wildman–Crippen LogP) is 10.2. The van der Waals surface area contributed by atoms with Crippen molar-refractivity contribution in [2.45, 2.75) is 18.8 Å². The van der Waals surface area contributed by atoms with Crippen LogP contribution >= 0.6 is 0 Å². The maximum Gasteiger partial charge on any atom is 0.163 e. The van der Waals surface area contributed by atoms with Gasteiger partial charge in [-0.25, -0.2) is 15.0 Å². The summed E-state index contributed by atoms with van der Waals surface area (Å²) >= 11 is 0. The highest BCUT2D eigenvalue weighted by molar-refractivity contribution is 5.77. The quantitative estimate of drug-likeness (QED) is 0.190. The van der Waals surface area contributed by atoms with Crippen molar-refractivity contribution >= 4 is 0 Å². The molecular weight excluding hydrogens is 599 g/mol. The van der Waals surface area contributed by atoms with E-state index in [-0.39, 0.29) is 11.8 Å². The fourth-order valence-corrected chi connectivity index (χ4v) is 6.90. The van der Waals surface area contributed by atoms with E-state index in [0.29, 0.717) is 22.8 Å². The maximum absolute atomic E-state index is 9.30. The summed E-state index contributed by atoms with van der Waals surface area (Å²) in [4.78, 5) is 15.6. The standard InChI is InChI=1S/C44H29N5/c1-28-37-12-2-3-13-38(37)39-14-4-5-15-40(39)41(28)44-48-42(35-10-6-8-33(24-35)31-20-16-29(26-45)17-21-31)47-43(49-44)36-11-7-9-34(25-36)32-22-18-30(27-46)19-23-32/h2-25,28,41H,1H3. The Morgan fingerprint density at radius 3 is 1.41 bits per heavy atom. The van der Waals surface area contributed by atoms with Crippen LogP contribution < -0.4 is 0 Å². The first-order chi connectivity index (χ1) is 24.1. The molecule has 0 fully saturated rings. The van der Waals surface area contributed by atoms with Gasteiger partial charge in [-0.2, -0.15) is 10.5 Å². The van der Waals surface area contributed by atoms with E-state index in [1.165, 1.54) is 22.3 Å². The third-order valence-electron chi connectivity index (χ3n) is 9.40. The van der Waals surface area contributed by atoms with Gasteiger partial charge in [0.25, 0.3) is 0 Å². The molecule has 1 aliphatic carbocycles. The Morgan fingerprint density at radius 2 is 0.898 bits per heavy atom. The molecule has 6 aromatic carbocycles. The van der Waals surface area contributed by atoms with E-state index in [1.807, 2.05) is 72.8 Å². The summed E-state index contributed by atoms with van der Waals surface area (Å²) in [5, 5.41) is 18.6. The first-order valence-electron chi connectivity index (χ1n) is 16.3. The number of nitrogens with zero attached hydrogens (tertiary/aromatic N) is 5. The molecule has 2 atom stereocenters. The molecule has 0 radical (unpaired) electrons. The van der Waals surface area contributed by atoms with Crippen LogP contribution in [0.15, 0.2) is 146 Å². The highest BCUT2D eigenvalue weighted by Gasteiger charge is 2.34. The molecule has 5 nitrogen and oxygen atoms in total. The molecule has 0 bridgehead atoms. The Bertz CT molecular complexity index is 2310. The van der Waals surface area contributed by atoms with Gasteiger partial charge in [-0.3, -0.25) is 0 Å². The molecule has 0 saturated heterocycles. The molecule has 0 amide bonds. The van der Waals surface area contributed by atoms with E-state index in [2.05, 4.69) is 91.9 Å². The number of aromatic nitrogens is 3. The lowest BCUT2D eigenvalue weighted by atomic mass is 9.72. The SMILES string of the molecule is CC1c2ccccc2-c2ccccc2C1c1nc(-c2cccc(-c3ccc(C#N)cc3)c2)nc(-c2cccc(-c3ccc(C#N)cc3)c2)n1. The van der Waals surface area contributed by atoms with Gasteiger partial charge in [-0.1, -0.05) is 116 Å². The van der Waals surface area contributed by atoms with Crippen LogP contribution in [-0.4, -0.2) is 15.0 Å². The Hall–Kier alpha value is -6.69. The Balaban J connectivity index is 1.30. The monoisotopic (exact) mass is 627 g/mol. The van der Waals surface area contributed by atoms with Crippen LogP contribution in [0, 0.1) is 22.7 Å². The number of rotatable bonds is 5. The summed E-state index contributed by atoms with van der Waals surface area (Å²) in [5.74, 6) is 1.96. The van der Waals surface area contributed by atoms with Crippen molar-refractivity contribution in [3.8, 4) is 68.3 Å². The van der Waals surface area contributed by atoms with E-state index in [1.54, 1.807) is 0 Å². The molecule has 0 saturated carbocycles. The van der Waals surface area contributed by atoms with Crippen molar-refractivity contribution in [3.63, 3.8) is 0 Å². The highest BCUT2D eigenvalue weighted by atomic mass is 15.0. The molecule has 230 valence electrons. The Labute approximate surface area is 285 Å². The topological polar surface area (TPSA) is 86.2 Å². The van der Waals surface area contributed by atoms with Gasteiger partial charge in [-0.05, 0) is 86.8 Å². The molecule has 1 aliphatic rings. The molecule has 0 aliphatic heterocycles. The average Bonchev–Trinajstić information content (AvgIpc) is 3.18. The summed E-state index contributed by atoms with van der Waals surface area (Å²) in [6.07, 6.45) is 0. The van der Waals surface area contributed by atoms with Crippen molar-refractivity contribution in [3.05, 3.63) is 174 Å². The summed E-state index contributed by atoms with van der Waals surface area (Å²) in [6, 6.07) is 53.3. The van der Waals surface area contributed by atoms with Crippen molar-refractivity contribution in [2.75, 3.05) is 0 Å². The van der Waals surface area contributed by atoms with Gasteiger partial charge in [0.2, 0.25) is 0 Å². The Kier molecular flexibility index (Phi) is 7.57. The second-order valence-corrected chi connectivity index (χ2v) is 12.3. The van der Waals surface area contributed by atoms with E-state index < -0.39 is 0 Å². The molecule has 0 N–H and O–H groups in total. The van der Waals surface area contributed by atoms with E-state index >= 15 is 0 Å². The van der Waals surface area contributed by atoms with Crippen LogP contribution in [0.5, 0.6) is 0 Å². The Morgan fingerprint density at radius 1 is 0.449 bits per heavy atom. The first kappa shape index (κ1) is 29.7. The molecule has 8 rings (SSSR count). The van der Waals surface area contributed by atoms with Crippen molar-refractivity contribution in [1.82, 2.24) is 15.0 Å². The second kappa shape index (κ2) is 12.5. The minimum absolute atomic E-state index is 0.0879. The van der Waals surface area contributed by atoms with E-state index in [0.717, 1.165) is 39.2 Å². The first-order valence-corrected chi connectivity index (χ1v) is 16.3. The van der Waals surface area contributed by atoms with Gasteiger partial charge in [0, 0.05) is 11.1 Å². The van der Waals surface area contributed by atoms with Gasteiger partial charge < -0.3 is 0 Å². The molecule has 1 aromatic heterocycles. The maximum atomic E-state index is 9.30. The molecule has 7 aromatic rings. The van der Waals surface area contributed by atoms with Gasteiger partial charge in [0.05, 0.1) is 29.2 Å². The van der Waals surface area contributed by atoms with Gasteiger partial charge >= 0.3 is 0 Å². The number of nitriles is 2. The smallest absolute Gasteiger partial charge is 0.163 e. The lowest BCUT2D eigenvalue weighted by Gasteiger charge is -2.33. The predicted molar refractivity (Wildman–Crippen MR) is 193 cm³/mol. The summed E-state index contributed by atoms with van der Waals surface area (Å²) in [5.41, 5.74) is 12.0. The summed E-state index contributed by atoms with van der Waals surface area (Å²) in [7, 11) is 0. The fraction of sp³-hybridized carbons (Fsp3) is 0.0682. The fourth-order valence-electron chi connectivity index (χ4n) is 6.90. The molecular formula is C44H29N5. The zero-order valence-electron chi connectivity index (χ0n) is 26.7. The minimum Gasteiger partial charge on any atom is -0.212 e. The van der Waals surface area contributed by atoms with E-state index in [9.17, 15) is 10.5 Å². The number of hydrogen-bond donors (Lipinski definition) is 0. The van der Waals surface area contributed by atoms with Crippen LogP contribution in [0.2, 0.25) is 0 Å². The third kappa shape index (κ3) is 5.54. The van der Waals surface area contributed by atoms with Gasteiger partial charge in [0.1, 0.15) is 5.82 Å². The molecule has 1 heterocycles. The minimum atomic E-state index is -0.0879. The number of fused-ring (bicyclic) bond motifs is 3. The molecule has 49 heavy (non-hydrogen) atoms. The van der Waals surface area contributed by atoms with Crippen LogP contribution in [0.25, 0.3) is 56.2 Å². The molecule has 5 heteroatoms. The van der Waals surface area contributed by atoms with Crippen LogP contribution in [0.3, 0.4) is 0 Å². The highest BCUT2D eigenvalue weighted by Crippen LogP contribution is 2.49. The lowest BCUT2D eigenvalue weighted by molar-refractivity contribution is 0.612. The third-order valence-corrected chi connectivity index (χ3v) is 9.40. The number of hydrogen-bond acceptors (Lipinski definition) is 5. The molecule has 2 unspecified atom stereocenters. The van der Waals surface area contributed by atoms with Gasteiger partial charge in [0.15, 0.2) is 11.6 Å². The van der Waals surface area contributed by atoms with Crippen molar-refractivity contribution in [1.29, 1.82) is 10.5 Å². The van der Waals surface area contributed by atoms with Crippen LogP contribution in [0.4, 0.5) is 0 Å². The normalized spacial score (nSPS) is 14.6. The van der Waals surface area contributed by atoms with Crippen LogP contribution in [-0.2, 0) is 0 Å². The van der Waals surface area contributed by atoms with Crippen LogP contribution in [0.1, 0.15) is 46.8 Å². The van der Waals surface area contributed by atoms with E-state index in [4.69, 9.17) is 15.0 Å². The van der Waals surface area contributed by atoms with Crippen molar-refractivity contribution in [2.24, 2.45) is 0 Å². The van der Waals surface area contributed by atoms with Gasteiger partial charge in [-0.15, -0.1) is 0 Å². The number of benzene rings is 6. The lowest BCUT2D eigenvalue weighted by Crippen LogP contribution is -2.20. The largest absolute Gasteiger partial charge is 0.212 e. The molecule has 0 spiro atoms. The summed E-state index contributed by atoms with van der Waals surface area (Å²) in [6.45, 7) is 2.26. The average molecular weight is 628 g/mol.